The lowest BCUT2D eigenvalue weighted by molar-refractivity contribution is -0.169. The topological polar surface area (TPSA) is 18.5 Å². The first kappa shape index (κ1) is 9.49. The zero-order chi connectivity index (χ0) is 8.32. The summed E-state index contributed by atoms with van der Waals surface area (Å²) in [5.41, 5.74) is 0. The predicted molar refractivity (Wildman–Crippen MR) is 47.9 cm³/mol. The van der Waals surface area contributed by atoms with Crippen molar-refractivity contribution in [3.8, 4) is 0 Å². The quantitative estimate of drug-likeness (QED) is 0.683. The van der Waals surface area contributed by atoms with Gasteiger partial charge in [-0.05, 0) is 12.8 Å². The van der Waals surface area contributed by atoms with Crippen LogP contribution in [0.1, 0.15) is 26.7 Å². The van der Waals surface area contributed by atoms with Crippen molar-refractivity contribution in [3.05, 3.63) is 0 Å². The van der Waals surface area contributed by atoms with E-state index in [4.69, 9.17) is 9.47 Å². The fourth-order valence-electron chi connectivity index (χ4n) is 1.31. The molecular formula is C8H15BrO2. The van der Waals surface area contributed by atoms with Crippen LogP contribution >= 0.6 is 15.9 Å². The summed E-state index contributed by atoms with van der Waals surface area (Å²) in [4.78, 5) is 0. The average Bonchev–Trinajstić information content (AvgIpc) is 2.49. The minimum atomic E-state index is -0.279. The molecule has 66 valence electrons. The van der Waals surface area contributed by atoms with Crippen LogP contribution in [0.15, 0.2) is 0 Å². The molecule has 1 rings (SSSR count). The Hall–Kier alpha value is 0.400. The zero-order valence-electron chi connectivity index (χ0n) is 7.10. The Bertz CT molecular complexity index is 123. The van der Waals surface area contributed by atoms with E-state index in [9.17, 15) is 0 Å². The van der Waals surface area contributed by atoms with E-state index in [0.29, 0.717) is 0 Å². The summed E-state index contributed by atoms with van der Waals surface area (Å²) in [7, 11) is 0. The van der Waals surface area contributed by atoms with Crippen molar-refractivity contribution in [1.29, 1.82) is 0 Å². The van der Waals surface area contributed by atoms with Crippen LogP contribution in [0.2, 0.25) is 0 Å². The van der Waals surface area contributed by atoms with Gasteiger partial charge in [0.1, 0.15) is 0 Å². The predicted octanol–water partition coefficient (Wildman–Crippen LogP) is 2.31. The monoisotopic (exact) mass is 222 g/mol. The van der Waals surface area contributed by atoms with E-state index < -0.39 is 0 Å². The first-order valence-corrected chi connectivity index (χ1v) is 5.26. The molecule has 0 aromatic heterocycles. The van der Waals surface area contributed by atoms with E-state index in [1.54, 1.807) is 0 Å². The first-order chi connectivity index (χ1) is 5.26. The molecule has 2 nitrogen and oxygen atoms in total. The first-order valence-electron chi connectivity index (χ1n) is 4.14. The summed E-state index contributed by atoms with van der Waals surface area (Å²) in [5, 5.41) is 0.870. The van der Waals surface area contributed by atoms with E-state index in [1.165, 1.54) is 0 Å². The molecule has 1 heterocycles. The third kappa shape index (κ3) is 1.95. The van der Waals surface area contributed by atoms with Crippen molar-refractivity contribution in [2.45, 2.75) is 38.6 Å². The number of alkyl halides is 1. The molecule has 0 radical (unpaired) electrons. The Labute approximate surface area is 76.4 Å². The Morgan fingerprint density at radius 3 is 2.36 bits per heavy atom. The molecular weight excluding hydrogens is 208 g/mol. The number of halogens is 1. The minimum absolute atomic E-state index is 0.245. The highest BCUT2D eigenvalue weighted by atomic mass is 79.9. The standard InChI is InChI=1S/C8H15BrO2/c1-3-8(4-2)10-6-7(5-9)11-8/h7H,3-6H2,1-2H3. The molecule has 1 unspecified atom stereocenters. The molecule has 0 aliphatic carbocycles. The van der Waals surface area contributed by atoms with Crippen LogP contribution in [-0.4, -0.2) is 23.8 Å². The van der Waals surface area contributed by atoms with Gasteiger partial charge in [-0.1, -0.05) is 29.8 Å². The Morgan fingerprint density at radius 1 is 1.45 bits per heavy atom. The largest absolute Gasteiger partial charge is 0.347 e. The molecule has 1 atom stereocenters. The lowest BCUT2D eigenvalue weighted by Gasteiger charge is -2.24. The average molecular weight is 223 g/mol. The van der Waals surface area contributed by atoms with E-state index in [1.807, 2.05) is 0 Å². The van der Waals surface area contributed by atoms with Crippen molar-refractivity contribution in [2.75, 3.05) is 11.9 Å². The third-order valence-corrected chi connectivity index (χ3v) is 2.89. The molecule has 0 spiro atoms. The van der Waals surface area contributed by atoms with Crippen LogP contribution in [0.4, 0.5) is 0 Å². The van der Waals surface area contributed by atoms with Crippen molar-refractivity contribution < 1.29 is 9.47 Å². The van der Waals surface area contributed by atoms with Crippen LogP contribution in [-0.2, 0) is 9.47 Å². The summed E-state index contributed by atoms with van der Waals surface area (Å²) in [5.74, 6) is -0.279. The Kier molecular flexibility index (Phi) is 3.34. The van der Waals surface area contributed by atoms with Gasteiger partial charge < -0.3 is 9.47 Å². The Balaban J connectivity index is 2.48. The van der Waals surface area contributed by atoms with Gasteiger partial charge in [0.25, 0.3) is 0 Å². The zero-order valence-corrected chi connectivity index (χ0v) is 8.69. The van der Waals surface area contributed by atoms with Crippen molar-refractivity contribution in [3.63, 3.8) is 0 Å². The van der Waals surface area contributed by atoms with Gasteiger partial charge in [0.2, 0.25) is 0 Å². The molecule has 1 aliphatic heterocycles. The molecule has 0 N–H and O–H groups in total. The summed E-state index contributed by atoms with van der Waals surface area (Å²) in [6, 6.07) is 0. The third-order valence-electron chi connectivity index (χ3n) is 2.16. The van der Waals surface area contributed by atoms with Crippen LogP contribution in [0, 0.1) is 0 Å². The molecule has 11 heavy (non-hydrogen) atoms. The van der Waals surface area contributed by atoms with Crippen LogP contribution in [0.25, 0.3) is 0 Å². The molecule has 0 aromatic carbocycles. The van der Waals surface area contributed by atoms with E-state index >= 15 is 0 Å². The molecule has 0 saturated carbocycles. The highest BCUT2D eigenvalue weighted by molar-refractivity contribution is 9.09. The fraction of sp³-hybridized carbons (Fsp3) is 1.00. The van der Waals surface area contributed by atoms with Crippen molar-refractivity contribution in [2.24, 2.45) is 0 Å². The van der Waals surface area contributed by atoms with Gasteiger partial charge >= 0.3 is 0 Å². The molecule has 1 fully saturated rings. The molecule has 3 heteroatoms. The van der Waals surface area contributed by atoms with E-state index in [2.05, 4.69) is 29.8 Å². The van der Waals surface area contributed by atoms with E-state index in [-0.39, 0.29) is 11.9 Å². The van der Waals surface area contributed by atoms with Crippen LogP contribution in [0.5, 0.6) is 0 Å². The maximum atomic E-state index is 5.73. The summed E-state index contributed by atoms with van der Waals surface area (Å²) >= 11 is 3.38. The molecule has 1 saturated heterocycles. The molecule has 0 aromatic rings. The highest BCUT2D eigenvalue weighted by Crippen LogP contribution is 2.30. The van der Waals surface area contributed by atoms with Gasteiger partial charge in [0.15, 0.2) is 5.79 Å². The smallest absolute Gasteiger partial charge is 0.168 e. The van der Waals surface area contributed by atoms with E-state index in [0.717, 1.165) is 24.8 Å². The molecule has 0 amide bonds. The van der Waals surface area contributed by atoms with Gasteiger partial charge in [-0.15, -0.1) is 0 Å². The second-order valence-corrected chi connectivity index (χ2v) is 3.47. The van der Waals surface area contributed by atoms with Gasteiger partial charge in [-0.25, -0.2) is 0 Å². The SMILES string of the molecule is CCC1(CC)OCC(CBr)O1. The number of hydrogen-bond acceptors (Lipinski definition) is 2. The van der Waals surface area contributed by atoms with Gasteiger partial charge in [-0.2, -0.15) is 0 Å². The normalized spacial score (nSPS) is 29.2. The second-order valence-electron chi connectivity index (χ2n) is 2.82. The number of ether oxygens (including phenoxy) is 2. The number of hydrogen-bond donors (Lipinski definition) is 0. The highest BCUT2D eigenvalue weighted by Gasteiger charge is 2.37. The number of rotatable bonds is 3. The van der Waals surface area contributed by atoms with Gasteiger partial charge in [-0.3, -0.25) is 0 Å². The summed E-state index contributed by atoms with van der Waals surface area (Å²) in [6.07, 6.45) is 2.12. The second kappa shape index (κ2) is 3.87. The van der Waals surface area contributed by atoms with Crippen molar-refractivity contribution >= 4 is 15.9 Å². The van der Waals surface area contributed by atoms with Crippen molar-refractivity contribution in [1.82, 2.24) is 0 Å². The Morgan fingerprint density at radius 2 is 2.09 bits per heavy atom. The minimum Gasteiger partial charge on any atom is -0.347 e. The molecule has 1 aliphatic rings. The lowest BCUT2D eigenvalue weighted by atomic mass is 10.1. The van der Waals surface area contributed by atoms with Gasteiger partial charge in [0.05, 0.1) is 12.7 Å². The summed E-state index contributed by atoms with van der Waals surface area (Å²) in [6.45, 7) is 4.92. The summed E-state index contributed by atoms with van der Waals surface area (Å²) < 4.78 is 11.3. The maximum Gasteiger partial charge on any atom is 0.168 e. The molecule has 0 bridgehead atoms. The lowest BCUT2D eigenvalue weighted by Crippen LogP contribution is -2.29. The van der Waals surface area contributed by atoms with Gasteiger partial charge in [0, 0.05) is 5.33 Å². The maximum absolute atomic E-state index is 5.73. The van der Waals surface area contributed by atoms with Crippen LogP contribution < -0.4 is 0 Å². The van der Waals surface area contributed by atoms with Crippen LogP contribution in [0.3, 0.4) is 0 Å². The fourth-order valence-corrected chi connectivity index (χ4v) is 1.63.